The molecule has 0 fully saturated rings. The summed E-state index contributed by atoms with van der Waals surface area (Å²) in [5.41, 5.74) is 2.26. The summed E-state index contributed by atoms with van der Waals surface area (Å²) < 4.78 is 13.5. The molecular formula is C13H14ClN3OS. The number of hydrogen-bond donors (Lipinski definition) is 0. The molecule has 0 aliphatic heterocycles. The van der Waals surface area contributed by atoms with Gasteiger partial charge in [0.1, 0.15) is 5.82 Å². The van der Waals surface area contributed by atoms with Crippen LogP contribution in [0.15, 0.2) is 18.2 Å². The molecule has 0 aliphatic rings. The lowest BCUT2D eigenvalue weighted by molar-refractivity contribution is 0.641. The summed E-state index contributed by atoms with van der Waals surface area (Å²) >= 11 is 5.92. The molecule has 19 heavy (non-hydrogen) atoms. The number of alkyl halides is 1. The third-order valence-corrected chi connectivity index (χ3v) is 4.60. The molecule has 2 atom stereocenters. The van der Waals surface area contributed by atoms with Gasteiger partial charge in [0.25, 0.3) is 0 Å². The molecule has 1 aromatic carbocycles. The zero-order valence-electron chi connectivity index (χ0n) is 10.8. The lowest BCUT2D eigenvalue weighted by Crippen LogP contribution is -2.18. The highest BCUT2D eigenvalue weighted by molar-refractivity contribution is 7.84. The maximum Gasteiger partial charge on any atom is 0.124 e. The van der Waals surface area contributed by atoms with Crippen molar-refractivity contribution in [1.29, 1.82) is 5.26 Å². The van der Waals surface area contributed by atoms with E-state index in [4.69, 9.17) is 16.9 Å². The standard InChI is InChI=1S/C13H14ClN3OS/c1-9(19(2)18)8-17-12-5-10(7-15)3-4-11(12)16-13(17)6-14/h3-5,9H,6,8H2,1-2H3. The Morgan fingerprint density at radius 2 is 2.32 bits per heavy atom. The molecule has 4 nitrogen and oxygen atoms in total. The van der Waals surface area contributed by atoms with Gasteiger partial charge in [0.05, 0.1) is 28.5 Å². The Balaban J connectivity index is 2.55. The Bertz CT molecular complexity index is 674. The van der Waals surface area contributed by atoms with Crippen molar-refractivity contribution < 1.29 is 4.21 Å². The highest BCUT2D eigenvalue weighted by Gasteiger charge is 2.15. The van der Waals surface area contributed by atoms with Crippen molar-refractivity contribution in [2.24, 2.45) is 0 Å². The van der Waals surface area contributed by atoms with Gasteiger partial charge in [-0.25, -0.2) is 4.98 Å². The van der Waals surface area contributed by atoms with Gasteiger partial charge >= 0.3 is 0 Å². The SMILES string of the molecule is CC(Cn1c(CCl)nc2ccc(C#N)cc21)S(C)=O. The van der Waals surface area contributed by atoms with Gasteiger partial charge < -0.3 is 4.57 Å². The van der Waals surface area contributed by atoms with E-state index in [-0.39, 0.29) is 5.25 Å². The minimum atomic E-state index is -0.912. The first-order valence-electron chi connectivity index (χ1n) is 5.84. The molecule has 6 heteroatoms. The van der Waals surface area contributed by atoms with Crippen molar-refractivity contribution in [1.82, 2.24) is 9.55 Å². The van der Waals surface area contributed by atoms with Crippen LogP contribution in [0.4, 0.5) is 0 Å². The summed E-state index contributed by atoms with van der Waals surface area (Å²) in [4.78, 5) is 4.44. The average Bonchev–Trinajstić information content (AvgIpc) is 2.75. The van der Waals surface area contributed by atoms with Gasteiger partial charge in [-0.15, -0.1) is 11.6 Å². The van der Waals surface area contributed by atoms with E-state index in [9.17, 15) is 4.21 Å². The predicted octanol–water partition coefficient (Wildman–Crippen LogP) is 2.41. The first-order chi connectivity index (χ1) is 9.06. The Hall–Kier alpha value is -1.38. The van der Waals surface area contributed by atoms with E-state index in [1.165, 1.54) is 0 Å². The summed E-state index contributed by atoms with van der Waals surface area (Å²) in [6.07, 6.45) is 1.69. The Morgan fingerprint density at radius 3 is 2.89 bits per heavy atom. The molecule has 100 valence electrons. The van der Waals surface area contributed by atoms with Crippen molar-refractivity contribution in [3.63, 3.8) is 0 Å². The lowest BCUT2D eigenvalue weighted by atomic mass is 10.2. The number of aromatic nitrogens is 2. The van der Waals surface area contributed by atoms with Crippen LogP contribution in [0.25, 0.3) is 11.0 Å². The number of fused-ring (bicyclic) bond motifs is 1. The van der Waals surface area contributed by atoms with E-state index in [2.05, 4.69) is 11.1 Å². The number of halogens is 1. The second-order valence-electron chi connectivity index (χ2n) is 4.40. The third-order valence-electron chi connectivity index (χ3n) is 3.08. The maximum absolute atomic E-state index is 11.5. The Kier molecular flexibility index (Phi) is 4.23. The van der Waals surface area contributed by atoms with Crippen LogP contribution < -0.4 is 0 Å². The highest BCUT2D eigenvalue weighted by atomic mass is 35.5. The molecule has 0 aliphatic carbocycles. The van der Waals surface area contributed by atoms with E-state index in [0.29, 0.717) is 18.0 Å². The van der Waals surface area contributed by atoms with Crippen LogP contribution in [0.3, 0.4) is 0 Å². The number of benzene rings is 1. The Labute approximate surface area is 119 Å². The molecule has 0 radical (unpaired) electrons. The molecule has 0 N–H and O–H groups in total. The van der Waals surface area contributed by atoms with Gasteiger partial charge in [-0.2, -0.15) is 5.26 Å². The summed E-state index contributed by atoms with van der Waals surface area (Å²) in [6.45, 7) is 2.50. The van der Waals surface area contributed by atoms with E-state index in [0.717, 1.165) is 16.9 Å². The van der Waals surface area contributed by atoms with Crippen LogP contribution in [-0.2, 0) is 23.2 Å². The fourth-order valence-electron chi connectivity index (χ4n) is 1.91. The van der Waals surface area contributed by atoms with Gasteiger partial charge in [-0.05, 0) is 25.1 Å². The minimum Gasteiger partial charge on any atom is -0.326 e. The van der Waals surface area contributed by atoms with Gasteiger partial charge in [-0.1, -0.05) is 0 Å². The Morgan fingerprint density at radius 1 is 1.58 bits per heavy atom. The van der Waals surface area contributed by atoms with Crippen molar-refractivity contribution in [3.05, 3.63) is 29.6 Å². The second-order valence-corrected chi connectivity index (χ2v) is 6.47. The molecule has 1 aromatic heterocycles. The second kappa shape index (κ2) is 5.72. The van der Waals surface area contributed by atoms with Crippen molar-refractivity contribution in [3.8, 4) is 6.07 Å². The number of imidazole rings is 1. The van der Waals surface area contributed by atoms with Crippen LogP contribution in [0, 0.1) is 11.3 Å². The first-order valence-corrected chi connectivity index (χ1v) is 8.00. The molecule has 2 aromatic rings. The van der Waals surface area contributed by atoms with Crippen molar-refractivity contribution >= 4 is 33.4 Å². The van der Waals surface area contributed by atoms with E-state index < -0.39 is 10.8 Å². The van der Waals surface area contributed by atoms with Gasteiger partial charge in [0, 0.05) is 28.9 Å². The number of hydrogen-bond acceptors (Lipinski definition) is 3. The zero-order chi connectivity index (χ0) is 14.0. The third kappa shape index (κ3) is 2.80. The number of nitrogens with zero attached hydrogens (tertiary/aromatic N) is 3. The summed E-state index contributed by atoms with van der Waals surface area (Å²) in [6, 6.07) is 7.46. The topological polar surface area (TPSA) is 58.7 Å². The largest absolute Gasteiger partial charge is 0.326 e. The molecular weight excluding hydrogens is 282 g/mol. The zero-order valence-corrected chi connectivity index (χ0v) is 12.3. The molecule has 0 bridgehead atoms. The molecule has 0 amide bonds. The fourth-order valence-corrected chi connectivity index (χ4v) is 2.47. The normalized spacial score (nSPS) is 14.2. The predicted molar refractivity (Wildman–Crippen MR) is 77.5 cm³/mol. The summed E-state index contributed by atoms with van der Waals surface area (Å²) in [5, 5.41) is 8.97. The summed E-state index contributed by atoms with van der Waals surface area (Å²) in [7, 11) is -0.912. The molecule has 0 saturated heterocycles. The molecule has 2 unspecified atom stereocenters. The van der Waals surface area contributed by atoms with Crippen LogP contribution in [-0.4, -0.2) is 25.3 Å². The van der Waals surface area contributed by atoms with E-state index >= 15 is 0 Å². The maximum atomic E-state index is 11.5. The van der Waals surface area contributed by atoms with Crippen molar-refractivity contribution in [2.75, 3.05) is 6.26 Å². The van der Waals surface area contributed by atoms with Crippen LogP contribution in [0.1, 0.15) is 18.3 Å². The van der Waals surface area contributed by atoms with Crippen LogP contribution in [0.5, 0.6) is 0 Å². The van der Waals surface area contributed by atoms with E-state index in [1.54, 1.807) is 18.4 Å². The molecule has 0 spiro atoms. The monoisotopic (exact) mass is 295 g/mol. The smallest absolute Gasteiger partial charge is 0.124 e. The number of rotatable bonds is 4. The molecule has 0 saturated carbocycles. The van der Waals surface area contributed by atoms with Crippen LogP contribution in [0.2, 0.25) is 0 Å². The van der Waals surface area contributed by atoms with E-state index in [1.807, 2.05) is 17.6 Å². The fraction of sp³-hybridized carbons (Fsp3) is 0.385. The highest BCUT2D eigenvalue weighted by Crippen LogP contribution is 2.20. The summed E-state index contributed by atoms with van der Waals surface area (Å²) in [5.74, 6) is 1.03. The molecule has 2 rings (SSSR count). The lowest BCUT2D eigenvalue weighted by Gasteiger charge is -2.12. The average molecular weight is 296 g/mol. The number of nitriles is 1. The quantitative estimate of drug-likeness (QED) is 0.814. The first kappa shape index (κ1) is 14.0. The van der Waals surface area contributed by atoms with Gasteiger partial charge in [0.2, 0.25) is 0 Å². The van der Waals surface area contributed by atoms with Gasteiger partial charge in [-0.3, -0.25) is 4.21 Å². The van der Waals surface area contributed by atoms with Crippen molar-refractivity contribution in [2.45, 2.75) is 24.6 Å². The van der Waals surface area contributed by atoms with Gasteiger partial charge in [0.15, 0.2) is 0 Å². The minimum absolute atomic E-state index is 0.00473. The molecule has 1 heterocycles. The van der Waals surface area contributed by atoms with Crippen LogP contribution >= 0.6 is 11.6 Å².